The smallest absolute Gasteiger partial charge is 0.332 e. The second kappa shape index (κ2) is 9.40. The number of benzene rings is 2. The van der Waals surface area contributed by atoms with Crippen LogP contribution in [0.2, 0.25) is 0 Å². The normalized spacial score (nSPS) is 15.4. The average molecular weight is 491 g/mol. The van der Waals surface area contributed by atoms with Gasteiger partial charge in [-0.25, -0.2) is 9.18 Å². The highest BCUT2D eigenvalue weighted by Gasteiger charge is 2.35. The third-order valence-corrected chi connectivity index (χ3v) is 6.58. The van der Waals surface area contributed by atoms with Crippen LogP contribution in [0, 0.1) is 24.1 Å². The molecule has 2 aromatic carbocycles. The van der Waals surface area contributed by atoms with Crippen molar-refractivity contribution in [3.8, 4) is 6.07 Å². The van der Waals surface area contributed by atoms with Crippen molar-refractivity contribution in [1.82, 2.24) is 4.57 Å². The van der Waals surface area contributed by atoms with Gasteiger partial charge in [-0.2, -0.15) is 5.26 Å². The molecule has 3 aromatic rings. The van der Waals surface area contributed by atoms with E-state index in [-0.39, 0.29) is 26.2 Å². The molecule has 176 valence electrons. The molecule has 8 nitrogen and oxygen atoms in total. The SMILES string of the molecule is COC(=O)/C=c1\sc2n(c1=O)C(N)=C(C#N)[C@@H](c1ccc(F)cc1)C=2C(=O)Nc1ccc(C)cc1. The zero-order valence-electron chi connectivity index (χ0n) is 18.7. The van der Waals surface area contributed by atoms with Gasteiger partial charge in [0.25, 0.3) is 11.5 Å². The lowest BCUT2D eigenvalue weighted by atomic mass is 9.83. The molecule has 4 rings (SSSR count). The van der Waals surface area contributed by atoms with Crippen molar-refractivity contribution in [1.29, 1.82) is 5.26 Å². The monoisotopic (exact) mass is 490 g/mol. The van der Waals surface area contributed by atoms with Gasteiger partial charge in [0.1, 0.15) is 20.8 Å². The minimum absolute atomic E-state index is 0.0209. The summed E-state index contributed by atoms with van der Waals surface area (Å²) in [6.45, 7) is 1.91. The summed E-state index contributed by atoms with van der Waals surface area (Å²) in [5.41, 5.74) is 7.52. The van der Waals surface area contributed by atoms with E-state index in [1.54, 1.807) is 12.1 Å². The summed E-state index contributed by atoms with van der Waals surface area (Å²) in [5.74, 6) is -2.98. The van der Waals surface area contributed by atoms with Crippen LogP contribution in [0.1, 0.15) is 17.0 Å². The number of ether oxygens (including phenoxy) is 1. The largest absolute Gasteiger partial charge is 0.466 e. The molecule has 35 heavy (non-hydrogen) atoms. The summed E-state index contributed by atoms with van der Waals surface area (Å²) in [7, 11) is 1.17. The number of rotatable bonds is 4. The maximum atomic E-state index is 13.7. The maximum absolute atomic E-state index is 13.7. The Labute approximate surface area is 202 Å². The zero-order valence-corrected chi connectivity index (χ0v) is 19.5. The van der Waals surface area contributed by atoms with Gasteiger partial charge in [-0.05, 0) is 36.8 Å². The molecule has 0 saturated carbocycles. The van der Waals surface area contributed by atoms with E-state index in [1.165, 1.54) is 31.4 Å². The lowest BCUT2D eigenvalue weighted by Gasteiger charge is -2.25. The Kier molecular flexibility index (Phi) is 6.36. The predicted molar refractivity (Wildman–Crippen MR) is 130 cm³/mol. The molecule has 0 bridgehead atoms. The summed E-state index contributed by atoms with van der Waals surface area (Å²) >= 11 is 0.871. The van der Waals surface area contributed by atoms with Gasteiger partial charge in [0.2, 0.25) is 0 Å². The number of allylic oxidation sites excluding steroid dienone is 1. The number of nitriles is 1. The number of nitrogens with two attached hydrogens (primary N) is 1. The fraction of sp³-hybridized carbons (Fsp3) is 0.120. The molecule has 3 N–H and O–H groups in total. The lowest BCUT2D eigenvalue weighted by Crippen LogP contribution is -2.40. The Morgan fingerprint density at radius 1 is 1.20 bits per heavy atom. The number of aryl methyl sites for hydroxylation is 1. The van der Waals surface area contributed by atoms with Crippen molar-refractivity contribution in [3.63, 3.8) is 0 Å². The first-order chi connectivity index (χ1) is 16.7. The van der Waals surface area contributed by atoms with Crippen LogP contribution in [0.25, 0.3) is 17.5 Å². The summed E-state index contributed by atoms with van der Waals surface area (Å²) in [4.78, 5) is 38.5. The van der Waals surface area contributed by atoms with Crippen LogP contribution in [-0.2, 0) is 14.3 Å². The Balaban J connectivity index is 2.04. The predicted octanol–water partition coefficient (Wildman–Crippen LogP) is 1.55. The topological polar surface area (TPSA) is 127 Å². The number of aromatic nitrogens is 1. The van der Waals surface area contributed by atoms with Crippen molar-refractivity contribution < 1.29 is 18.7 Å². The fourth-order valence-corrected chi connectivity index (χ4v) is 4.89. The molecule has 0 fully saturated rings. The Morgan fingerprint density at radius 3 is 2.46 bits per heavy atom. The van der Waals surface area contributed by atoms with Crippen molar-refractivity contribution in [2.75, 3.05) is 12.4 Å². The van der Waals surface area contributed by atoms with Gasteiger partial charge in [-0.1, -0.05) is 29.8 Å². The van der Waals surface area contributed by atoms with Crippen molar-refractivity contribution >= 4 is 46.4 Å². The maximum Gasteiger partial charge on any atom is 0.332 e. The van der Waals surface area contributed by atoms with E-state index < -0.39 is 29.2 Å². The molecule has 1 aliphatic rings. The Hall–Kier alpha value is -4.49. The first-order valence-corrected chi connectivity index (χ1v) is 11.2. The number of thiazole rings is 1. The first kappa shape index (κ1) is 23.7. The number of carbonyl (C=O) groups is 2. The number of halogens is 1. The third-order valence-electron chi connectivity index (χ3n) is 5.48. The molecule has 1 aromatic heterocycles. The number of nitrogens with zero attached hydrogens (tertiary/aromatic N) is 2. The molecule has 0 spiro atoms. The third kappa shape index (κ3) is 4.37. The van der Waals surface area contributed by atoms with E-state index in [2.05, 4.69) is 10.1 Å². The number of methoxy groups -OCH3 is 1. The summed E-state index contributed by atoms with van der Waals surface area (Å²) < 4.78 is 19.5. The number of fused-ring (bicyclic) bond motifs is 1. The lowest BCUT2D eigenvalue weighted by molar-refractivity contribution is -0.133. The van der Waals surface area contributed by atoms with Crippen LogP contribution < -0.4 is 25.8 Å². The van der Waals surface area contributed by atoms with Crippen LogP contribution in [0.3, 0.4) is 0 Å². The van der Waals surface area contributed by atoms with E-state index in [9.17, 15) is 24.0 Å². The van der Waals surface area contributed by atoms with Gasteiger partial charge in [0, 0.05) is 11.8 Å². The van der Waals surface area contributed by atoms with Crippen LogP contribution >= 0.6 is 11.3 Å². The van der Waals surface area contributed by atoms with E-state index in [1.807, 2.05) is 25.1 Å². The van der Waals surface area contributed by atoms with Crippen LogP contribution in [0.15, 0.2) is 58.9 Å². The van der Waals surface area contributed by atoms with Gasteiger partial charge in [-0.15, -0.1) is 11.3 Å². The molecule has 0 saturated heterocycles. The van der Waals surface area contributed by atoms with Gasteiger partial charge in [-0.3, -0.25) is 14.2 Å². The van der Waals surface area contributed by atoms with E-state index in [0.717, 1.165) is 27.5 Å². The summed E-state index contributed by atoms with van der Waals surface area (Å²) in [5, 5.41) is 12.8. The molecule has 1 aliphatic heterocycles. The minimum Gasteiger partial charge on any atom is -0.466 e. The van der Waals surface area contributed by atoms with E-state index in [4.69, 9.17) is 5.73 Å². The first-order valence-electron chi connectivity index (χ1n) is 10.3. The quantitative estimate of drug-likeness (QED) is 0.535. The summed E-state index contributed by atoms with van der Waals surface area (Å²) in [6.07, 6.45) is 1.00. The number of hydrogen-bond acceptors (Lipinski definition) is 7. The molecule has 0 aliphatic carbocycles. The molecule has 0 unspecified atom stereocenters. The zero-order chi connectivity index (χ0) is 25.3. The van der Waals surface area contributed by atoms with Crippen LogP contribution in [0.5, 0.6) is 0 Å². The second-order valence-electron chi connectivity index (χ2n) is 7.71. The molecule has 1 amide bonds. The second-order valence-corrected chi connectivity index (χ2v) is 8.74. The van der Waals surface area contributed by atoms with E-state index >= 15 is 0 Å². The number of anilines is 1. The van der Waals surface area contributed by atoms with Gasteiger partial charge in [0.15, 0.2) is 0 Å². The standard InChI is InChI=1S/C25H19FN4O4S/c1-13-3-9-16(10-4-13)29-23(32)21-20(14-5-7-15(26)8-6-14)17(12-27)22(28)30-24(33)18(35-25(21)30)11-19(31)34-2/h3-11,20H,28H2,1-2H3,(H,29,32)/b18-11-/t20-/m1/s1. The number of amides is 1. The number of esters is 1. The average Bonchev–Trinajstić information content (AvgIpc) is 3.16. The van der Waals surface area contributed by atoms with Crippen molar-refractivity contribution in [2.24, 2.45) is 5.73 Å². The molecule has 10 heteroatoms. The van der Waals surface area contributed by atoms with Crippen molar-refractivity contribution in [2.45, 2.75) is 12.8 Å². The highest BCUT2D eigenvalue weighted by atomic mass is 32.1. The number of carbonyl (C=O) groups excluding carboxylic acids is 2. The summed E-state index contributed by atoms with van der Waals surface area (Å²) in [6, 6.07) is 14.4. The van der Waals surface area contributed by atoms with E-state index in [0.29, 0.717) is 11.3 Å². The van der Waals surface area contributed by atoms with Crippen molar-refractivity contribution in [3.05, 3.63) is 90.6 Å². The van der Waals surface area contributed by atoms with Crippen LogP contribution in [-0.4, -0.2) is 23.6 Å². The number of nitrogens with one attached hydrogen (secondary N) is 1. The number of hydrogen-bond donors (Lipinski definition) is 2. The van der Waals surface area contributed by atoms with Crippen LogP contribution in [0.4, 0.5) is 10.1 Å². The molecule has 0 radical (unpaired) electrons. The fourth-order valence-electron chi connectivity index (χ4n) is 3.76. The minimum atomic E-state index is -0.977. The Bertz CT molecular complexity index is 1590. The highest BCUT2D eigenvalue weighted by molar-refractivity contribution is 7.07. The van der Waals surface area contributed by atoms with Gasteiger partial charge < -0.3 is 15.8 Å². The molecular formula is C25H19FN4O4S. The van der Waals surface area contributed by atoms with Gasteiger partial charge in [0.05, 0.1) is 30.2 Å². The Morgan fingerprint density at radius 2 is 1.86 bits per heavy atom. The molecule has 2 heterocycles. The molecule has 1 atom stereocenters. The highest BCUT2D eigenvalue weighted by Crippen LogP contribution is 2.36. The van der Waals surface area contributed by atoms with Gasteiger partial charge >= 0.3 is 5.97 Å². The molecular weight excluding hydrogens is 471 g/mol.